The Bertz CT molecular complexity index is 953. The minimum atomic E-state index is -0.788. The van der Waals surface area contributed by atoms with Gasteiger partial charge in [-0.15, -0.1) is 0 Å². The van der Waals surface area contributed by atoms with Crippen LogP contribution in [0.2, 0.25) is 0 Å². The van der Waals surface area contributed by atoms with Gasteiger partial charge >= 0.3 is 0 Å². The van der Waals surface area contributed by atoms with Crippen molar-refractivity contribution in [2.45, 2.75) is 19.8 Å². The van der Waals surface area contributed by atoms with Gasteiger partial charge in [0.1, 0.15) is 5.56 Å². The summed E-state index contributed by atoms with van der Waals surface area (Å²) in [6, 6.07) is 4.71. The molecule has 9 heteroatoms. The van der Waals surface area contributed by atoms with E-state index in [0.29, 0.717) is 6.42 Å². The second kappa shape index (κ2) is 5.93. The number of benzene rings is 2. The molecule has 1 heterocycles. The highest BCUT2D eigenvalue weighted by atomic mass is 16.6. The van der Waals surface area contributed by atoms with Crippen molar-refractivity contribution in [1.82, 2.24) is 4.90 Å². The monoisotopic (exact) mass is 343 g/mol. The van der Waals surface area contributed by atoms with Crippen LogP contribution < -0.4 is 0 Å². The van der Waals surface area contributed by atoms with Gasteiger partial charge in [0.25, 0.3) is 23.2 Å². The number of imide groups is 1. The van der Waals surface area contributed by atoms with Crippen molar-refractivity contribution in [3.05, 3.63) is 55.6 Å². The molecule has 0 atom stereocenters. The quantitative estimate of drug-likeness (QED) is 0.467. The zero-order valence-corrected chi connectivity index (χ0v) is 13.2. The van der Waals surface area contributed by atoms with Crippen LogP contribution in [0.3, 0.4) is 0 Å². The first-order chi connectivity index (χ1) is 11.9. The second-order valence-corrected chi connectivity index (χ2v) is 5.64. The van der Waals surface area contributed by atoms with Crippen molar-refractivity contribution in [3.63, 3.8) is 0 Å². The summed E-state index contributed by atoms with van der Waals surface area (Å²) >= 11 is 0. The van der Waals surface area contributed by atoms with Crippen molar-refractivity contribution in [1.29, 1.82) is 0 Å². The Hall–Kier alpha value is -3.36. The Morgan fingerprint density at radius 1 is 0.960 bits per heavy atom. The number of hydrogen-bond acceptors (Lipinski definition) is 6. The summed E-state index contributed by atoms with van der Waals surface area (Å²) in [6.07, 6.45) is 1.29. The molecule has 128 valence electrons. The summed E-state index contributed by atoms with van der Waals surface area (Å²) in [5.74, 6) is -1.38. The van der Waals surface area contributed by atoms with Gasteiger partial charge in [0.15, 0.2) is 0 Å². The largest absolute Gasteiger partial charge is 0.282 e. The number of nitrogens with zero attached hydrogens (tertiary/aromatic N) is 3. The molecule has 0 spiro atoms. The number of nitro benzene ring substituents is 2. The molecule has 2 aromatic carbocycles. The Balaban J connectivity index is 2.38. The second-order valence-electron chi connectivity index (χ2n) is 5.64. The van der Waals surface area contributed by atoms with Crippen LogP contribution in [0, 0.1) is 20.2 Å². The van der Waals surface area contributed by atoms with E-state index in [2.05, 4.69) is 0 Å². The van der Waals surface area contributed by atoms with E-state index in [1.54, 1.807) is 0 Å². The van der Waals surface area contributed by atoms with E-state index in [1.807, 2.05) is 6.92 Å². The van der Waals surface area contributed by atoms with E-state index in [9.17, 15) is 29.8 Å². The van der Waals surface area contributed by atoms with Crippen LogP contribution in [-0.4, -0.2) is 33.1 Å². The van der Waals surface area contributed by atoms with Crippen molar-refractivity contribution in [2.24, 2.45) is 0 Å². The third kappa shape index (κ3) is 2.40. The molecule has 1 aliphatic rings. The molecule has 0 fully saturated rings. The number of unbranched alkanes of at least 4 members (excludes halogenated alkanes) is 1. The maximum Gasteiger partial charge on any atom is 0.282 e. The first-order valence-electron chi connectivity index (χ1n) is 7.63. The molecule has 25 heavy (non-hydrogen) atoms. The average Bonchev–Trinajstić information content (AvgIpc) is 2.58. The van der Waals surface area contributed by atoms with Crippen LogP contribution in [0.4, 0.5) is 11.4 Å². The first kappa shape index (κ1) is 16.5. The van der Waals surface area contributed by atoms with Gasteiger partial charge in [-0.05, 0) is 18.6 Å². The maximum atomic E-state index is 12.8. The normalized spacial score (nSPS) is 13.4. The lowest BCUT2D eigenvalue weighted by Gasteiger charge is -2.26. The van der Waals surface area contributed by atoms with Crippen molar-refractivity contribution < 1.29 is 19.4 Å². The summed E-state index contributed by atoms with van der Waals surface area (Å²) in [4.78, 5) is 47.6. The number of nitro groups is 2. The number of carbonyl (C=O) groups excluding carboxylic acids is 2. The van der Waals surface area contributed by atoms with E-state index in [0.717, 1.165) is 17.4 Å². The molecular weight excluding hydrogens is 330 g/mol. The lowest BCUT2D eigenvalue weighted by atomic mass is 9.91. The fourth-order valence-electron chi connectivity index (χ4n) is 3.02. The fraction of sp³-hybridized carbons (Fsp3) is 0.250. The highest BCUT2D eigenvalue weighted by Gasteiger charge is 2.39. The van der Waals surface area contributed by atoms with Crippen molar-refractivity contribution in [3.8, 4) is 0 Å². The van der Waals surface area contributed by atoms with Crippen LogP contribution in [0.5, 0.6) is 0 Å². The highest BCUT2D eigenvalue weighted by Crippen LogP contribution is 2.39. The van der Waals surface area contributed by atoms with Gasteiger partial charge in [-0.1, -0.05) is 13.3 Å². The molecular formula is C16H13N3O6. The molecule has 1 aliphatic heterocycles. The standard InChI is InChI=1S/C16H13N3O6/c1-2-3-8-17-15(20)10-5-6-11(18(22)23)9-4-7-12(19(24)25)14(13(9)10)16(17)21/h4-7H,2-3,8H2,1H3. The van der Waals surface area contributed by atoms with Crippen LogP contribution in [0.25, 0.3) is 10.8 Å². The average molecular weight is 343 g/mol. The summed E-state index contributed by atoms with van der Waals surface area (Å²) in [5, 5.41) is 22.6. The number of non-ortho nitro benzene ring substituents is 1. The summed E-state index contributed by atoms with van der Waals surface area (Å²) in [6.45, 7) is 2.03. The number of amides is 2. The minimum Gasteiger partial charge on any atom is -0.274 e. The zero-order valence-electron chi connectivity index (χ0n) is 13.2. The lowest BCUT2D eigenvalue weighted by Crippen LogP contribution is -2.41. The molecule has 0 bridgehead atoms. The smallest absolute Gasteiger partial charge is 0.274 e. The molecule has 2 amide bonds. The molecule has 2 aromatic rings. The molecule has 9 nitrogen and oxygen atoms in total. The van der Waals surface area contributed by atoms with E-state index in [1.165, 1.54) is 18.2 Å². The minimum absolute atomic E-state index is 0.0221. The van der Waals surface area contributed by atoms with E-state index in [4.69, 9.17) is 0 Å². The third-order valence-corrected chi connectivity index (χ3v) is 4.20. The Morgan fingerprint density at radius 3 is 2.20 bits per heavy atom. The van der Waals surface area contributed by atoms with Gasteiger partial charge in [-0.25, -0.2) is 0 Å². The van der Waals surface area contributed by atoms with Gasteiger partial charge in [0, 0.05) is 29.6 Å². The SMILES string of the molecule is CCCCN1C(=O)c2ccc([N+](=O)[O-])c3ccc([N+](=O)[O-])c(c23)C1=O. The maximum absolute atomic E-state index is 12.8. The van der Waals surface area contributed by atoms with Gasteiger partial charge in [0.05, 0.1) is 15.2 Å². The first-order valence-corrected chi connectivity index (χ1v) is 7.63. The zero-order chi connectivity index (χ0) is 18.3. The van der Waals surface area contributed by atoms with E-state index < -0.39 is 27.3 Å². The molecule has 0 unspecified atom stereocenters. The number of hydrogen-bond donors (Lipinski definition) is 0. The fourth-order valence-corrected chi connectivity index (χ4v) is 3.02. The molecule has 0 aliphatic carbocycles. The molecule has 0 N–H and O–H groups in total. The Morgan fingerprint density at radius 2 is 1.60 bits per heavy atom. The van der Waals surface area contributed by atoms with E-state index in [-0.39, 0.29) is 34.1 Å². The van der Waals surface area contributed by atoms with E-state index >= 15 is 0 Å². The molecule has 0 saturated heterocycles. The Kier molecular flexibility index (Phi) is 3.91. The highest BCUT2D eigenvalue weighted by molar-refractivity contribution is 6.28. The van der Waals surface area contributed by atoms with Crippen LogP contribution in [-0.2, 0) is 0 Å². The molecule has 0 radical (unpaired) electrons. The van der Waals surface area contributed by atoms with Crippen molar-refractivity contribution in [2.75, 3.05) is 6.54 Å². The van der Waals surface area contributed by atoms with Gasteiger partial charge < -0.3 is 0 Å². The van der Waals surface area contributed by atoms with Crippen molar-refractivity contribution >= 4 is 34.0 Å². The summed E-state index contributed by atoms with van der Waals surface area (Å²) in [5.41, 5.74) is -0.974. The molecule has 3 rings (SSSR count). The topological polar surface area (TPSA) is 124 Å². The summed E-state index contributed by atoms with van der Waals surface area (Å²) in [7, 11) is 0. The van der Waals surface area contributed by atoms with Gasteiger partial charge in [-0.2, -0.15) is 0 Å². The lowest BCUT2D eigenvalue weighted by molar-refractivity contribution is -0.385. The Labute approximate surface area is 141 Å². The van der Waals surface area contributed by atoms with Gasteiger partial charge in [-0.3, -0.25) is 34.7 Å². The molecule has 0 aromatic heterocycles. The van der Waals surface area contributed by atoms with Gasteiger partial charge in [0.2, 0.25) is 0 Å². The predicted molar refractivity (Wildman–Crippen MR) is 87.5 cm³/mol. The van der Waals surface area contributed by atoms with Crippen LogP contribution in [0.15, 0.2) is 24.3 Å². The third-order valence-electron chi connectivity index (χ3n) is 4.20. The predicted octanol–water partition coefficient (Wildman–Crippen LogP) is 3.05. The number of rotatable bonds is 5. The summed E-state index contributed by atoms with van der Waals surface area (Å²) < 4.78 is 0. The van der Waals surface area contributed by atoms with Crippen LogP contribution in [0.1, 0.15) is 40.5 Å². The molecule has 0 saturated carbocycles. The van der Waals surface area contributed by atoms with Crippen LogP contribution >= 0.6 is 0 Å². The number of carbonyl (C=O) groups is 2.